The van der Waals surface area contributed by atoms with E-state index in [0.717, 1.165) is 19.3 Å². The van der Waals surface area contributed by atoms with Gasteiger partial charge in [-0.2, -0.15) is 0 Å². The van der Waals surface area contributed by atoms with Gasteiger partial charge in [0.25, 0.3) is 5.91 Å². The number of carbonyl (C=O) groups is 1. The van der Waals surface area contributed by atoms with Gasteiger partial charge in [0.1, 0.15) is 0 Å². The van der Waals surface area contributed by atoms with Crippen LogP contribution in [0.5, 0.6) is 0 Å². The van der Waals surface area contributed by atoms with Gasteiger partial charge in [-0.3, -0.25) is 9.78 Å². The molecule has 5 nitrogen and oxygen atoms in total. The van der Waals surface area contributed by atoms with Crippen molar-refractivity contribution in [1.82, 2.24) is 9.88 Å². The molecule has 0 radical (unpaired) electrons. The molecule has 1 spiro atoms. The summed E-state index contributed by atoms with van der Waals surface area (Å²) in [7, 11) is 0. The lowest BCUT2D eigenvalue weighted by molar-refractivity contribution is -0.207. The van der Waals surface area contributed by atoms with Crippen molar-refractivity contribution >= 4 is 5.91 Å². The maximum Gasteiger partial charge on any atom is 0.253 e. The summed E-state index contributed by atoms with van der Waals surface area (Å²) < 4.78 is 5.75. The first-order valence-corrected chi connectivity index (χ1v) is 7.66. The summed E-state index contributed by atoms with van der Waals surface area (Å²) in [6.45, 7) is 4.03. The molecular weight excluding hydrogens is 268 g/mol. The Morgan fingerprint density at radius 2 is 2.10 bits per heavy atom. The van der Waals surface area contributed by atoms with E-state index in [0.29, 0.717) is 25.3 Å². The molecule has 1 saturated heterocycles. The summed E-state index contributed by atoms with van der Waals surface area (Å²) in [6.07, 6.45) is 5.50. The number of aliphatic hydroxyl groups excluding tert-OH is 1. The average molecular weight is 290 g/mol. The number of aromatic nitrogens is 1. The fraction of sp³-hybridized carbons (Fsp3) is 0.625. The molecule has 1 saturated carbocycles. The maximum atomic E-state index is 12.4. The van der Waals surface area contributed by atoms with Crippen molar-refractivity contribution in [3.8, 4) is 0 Å². The predicted molar refractivity (Wildman–Crippen MR) is 77.8 cm³/mol. The van der Waals surface area contributed by atoms with Gasteiger partial charge in [0.05, 0.1) is 12.2 Å². The molecule has 21 heavy (non-hydrogen) atoms. The first-order chi connectivity index (χ1) is 10.2. The van der Waals surface area contributed by atoms with Gasteiger partial charge in [0.15, 0.2) is 0 Å². The first-order valence-electron chi connectivity index (χ1n) is 7.66. The smallest absolute Gasteiger partial charge is 0.253 e. The quantitative estimate of drug-likeness (QED) is 0.916. The van der Waals surface area contributed by atoms with E-state index in [2.05, 4.69) is 4.98 Å². The van der Waals surface area contributed by atoms with E-state index < -0.39 is 0 Å². The van der Waals surface area contributed by atoms with Crippen molar-refractivity contribution < 1.29 is 14.6 Å². The Kier molecular flexibility index (Phi) is 3.95. The second kappa shape index (κ2) is 5.73. The van der Waals surface area contributed by atoms with Crippen LogP contribution in [0.4, 0.5) is 0 Å². The Hall–Kier alpha value is -1.46. The molecule has 1 amide bonds. The minimum absolute atomic E-state index is 0.0500. The van der Waals surface area contributed by atoms with E-state index in [1.165, 1.54) is 0 Å². The Morgan fingerprint density at radius 3 is 2.67 bits per heavy atom. The van der Waals surface area contributed by atoms with Crippen LogP contribution in [-0.2, 0) is 4.74 Å². The summed E-state index contributed by atoms with van der Waals surface area (Å²) in [5.74, 6) is 0.0500. The maximum absolute atomic E-state index is 12.4. The van der Waals surface area contributed by atoms with Crippen LogP contribution in [0.2, 0.25) is 0 Å². The number of hydrogen-bond donors (Lipinski definition) is 1. The van der Waals surface area contributed by atoms with Crippen LogP contribution in [0.25, 0.3) is 0 Å². The number of ether oxygens (including phenoxy) is 1. The Labute approximate surface area is 124 Å². The molecule has 2 aliphatic rings. The van der Waals surface area contributed by atoms with Crippen molar-refractivity contribution in [1.29, 1.82) is 0 Å². The average Bonchev–Trinajstić information content (AvgIpc) is 2.55. The highest BCUT2D eigenvalue weighted by Crippen LogP contribution is 2.51. The molecule has 2 heterocycles. The summed E-state index contributed by atoms with van der Waals surface area (Å²) in [5, 5.41) is 10.2. The van der Waals surface area contributed by atoms with Gasteiger partial charge in [-0.1, -0.05) is 0 Å². The van der Waals surface area contributed by atoms with Crippen LogP contribution in [0.3, 0.4) is 0 Å². The molecule has 0 aromatic carbocycles. The molecule has 1 aromatic rings. The fourth-order valence-corrected chi connectivity index (χ4v) is 3.62. The third-order valence-electron chi connectivity index (χ3n) is 5.02. The lowest BCUT2D eigenvalue weighted by Gasteiger charge is -2.56. The van der Waals surface area contributed by atoms with Crippen LogP contribution >= 0.6 is 0 Å². The standard InChI is InChI=1S/C16H22N2O3/c1-2-21-14-11-13(19)16(14)5-9-18(10-6-16)15(20)12-3-7-17-8-4-12/h3-4,7-8,13-14,19H,2,5-6,9-11H2,1H3. The molecule has 114 valence electrons. The van der Waals surface area contributed by atoms with E-state index in [1.807, 2.05) is 11.8 Å². The summed E-state index contributed by atoms with van der Waals surface area (Å²) in [4.78, 5) is 18.2. The van der Waals surface area contributed by atoms with Gasteiger partial charge in [-0.15, -0.1) is 0 Å². The molecule has 1 aliphatic carbocycles. The normalized spacial score (nSPS) is 27.4. The van der Waals surface area contributed by atoms with Gasteiger partial charge in [0, 0.05) is 49.5 Å². The van der Waals surface area contributed by atoms with Gasteiger partial charge in [-0.05, 0) is 31.9 Å². The third kappa shape index (κ3) is 2.45. The summed E-state index contributed by atoms with van der Waals surface area (Å²) >= 11 is 0. The fourth-order valence-electron chi connectivity index (χ4n) is 3.62. The third-order valence-corrected chi connectivity index (χ3v) is 5.02. The molecule has 2 unspecified atom stereocenters. The second-order valence-corrected chi connectivity index (χ2v) is 5.96. The number of piperidine rings is 1. The molecule has 0 bridgehead atoms. The summed E-state index contributed by atoms with van der Waals surface area (Å²) in [5.41, 5.74) is 0.543. The van der Waals surface area contributed by atoms with E-state index in [-0.39, 0.29) is 23.5 Å². The Morgan fingerprint density at radius 1 is 1.43 bits per heavy atom. The zero-order valence-corrected chi connectivity index (χ0v) is 12.4. The van der Waals surface area contributed by atoms with Crippen LogP contribution in [-0.4, -0.2) is 52.8 Å². The van der Waals surface area contributed by atoms with Crippen LogP contribution in [0, 0.1) is 5.41 Å². The SMILES string of the molecule is CCOC1CC(O)C12CCN(C(=O)c1ccncc1)CC2. The molecule has 1 aromatic heterocycles. The molecular formula is C16H22N2O3. The Balaban J connectivity index is 1.64. The molecule has 2 atom stereocenters. The predicted octanol–water partition coefficient (Wildman–Crippen LogP) is 1.47. The van der Waals surface area contributed by atoms with E-state index in [9.17, 15) is 9.90 Å². The molecule has 3 rings (SSSR count). The largest absolute Gasteiger partial charge is 0.392 e. The number of rotatable bonds is 3. The van der Waals surface area contributed by atoms with E-state index in [4.69, 9.17) is 4.74 Å². The lowest BCUT2D eigenvalue weighted by atomic mass is 9.58. The number of nitrogens with zero attached hydrogens (tertiary/aromatic N) is 2. The number of aliphatic hydroxyl groups is 1. The molecule has 1 aliphatic heterocycles. The monoisotopic (exact) mass is 290 g/mol. The number of amides is 1. The van der Waals surface area contributed by atoms with Gasteiger partial charge >= 0.3 is 0 Å². The first kappa shape index (κ1) is 14.5. The van der Waals surface area contributed by atoms with E-state index >= 15 is 0 Å². The van der Waals surface area contributed by atoms with Gasteiger partial charge in [0.2, 0.25) is 0 Å². The molecule has 5 heteroatoms. The Bertz CT molecular complexity index is 496. The number of carbonyl (C=O) groups excluding carboxylic acids is 1. The van der Waals surface area contributed by atoms with Crippen molar-refractivity contribution in [2.75, 3.05) is 19.7 Å². The minimum Gasteiger partial charge on any atom is -0.392 e. The number of pyridine rings is 1. The zero-order valence-electron chi connectivity index (χ0n) is 12.4. The lowest BCUT2D eigenvalue weighted by Crippen LogP contribution is -2.62. The van der Waals surface area contributed by atoms with Crippen LogP contribution in [0.1, 0.15) is 36.5 Å². The topological polar surface area (TPSA) is 62.7 Å². The van der Waals surface area contributed by atoms with Gasteiger partial charge < -0.3 is 14.7 Å². The zero-order chi connectivity index (χ0) is 14.9. The highest BCUT2D eigenvalue weighted by molar-refractivity contribution is 5.94. The van der Waals surface area contributed by atoms with Crippen molar-refractivity contribution in [2.45, 2.75) is 38.4 Å². The highest BCUT2D eigenvalue weighted by Gasteiger charge is 2.56. The van der Waals surface area contributed by atoms with Gasteiger partial charge in [-0.25, -0.2) is 0 Å². The highest BCUT2D eigenvalue weighted by atomic mass is 16.5. The molecule has 2 fully saturated rings. The van der Waals surface area contributed by atoms with E-state index in [1.54, 1.807) is 24.5 Å². The van der Waals surface area contributed by atoms with Crippen molar-refractivity contribution in [3.05, 3.63) is 30.1 Å². The van der Waals surface area contributed by atoms with Crippen molar-refractivity contribution in [2.24, 2.45) is 5.41 Å². The van der Waals surface area contributed by atoms with Crippen molar-refractivity contribution in [3.63, 3.8) is 0 Å². The number of hydrogen-bond acceptors (Lipinski definition) is 4. The van der Waals surface area contributed by atoms with Crippen LogP contribution < -0.4 is 0 Å². The molecule has 1 N–H and O–H groups in total. The number of likely N-dealkylation sites (tertiary alicyclic amines) is 1. The minimum atomic E-state index is -0.285. The van der Waals surface area contributed by atoms with Crippen LogP contribution in [0.15, 0.2) is 24.5 Å². The summed E-state index contributed by atoms with van der Waals surface area (Å²) in [6, 6.07) is 3.49. The second-order valence-electron chi connectivity index (χ2n) is 5.96.